The summed E-state index contributed by atoms with van der Waals surface area (Å²) in [5, 5.41) is 9.45. The summed E-state index contributed by atoms with van der Waals surface area (Å²) in [6.45, 7) is -10.9. The molecule has 0 aliphatic rings. The monoisotopic (exact) mass is 239 g/mol. The van der Waals surface area contributed by atoms with Crippen molar-refractivity contribution in [3.05, 3.63) is 16.7 Å². The Morgan fingerprint density at radius 1 is 1.73 bits per heavy atom. The van der Waals surface area contributed by atoms with E-state index in [1.165, 1.54) is 6.20 Å². The molecule has 0 saturated heterocycles. The third-order valence-electron chi connectivity index (χ3n) is 1.82. The van der Waals surface area contributed by atoms with E-state index in [0.29, 0.717) is 0 Å². The van der Waals surface area contributed by atoms with Crippen molar-refractivity contribution in [1.82, 2.24) is 9.97 Å². The normalized spacial score (nSPS) is 25.2. The molecule has 3 N–H and O–H groups in total. The molecule has 0 aromatic carbocycles. The first kappa shape index (κ1) is 4.39. The second kappa shape index (κ2) is 4.16. The first-order chi connectivity index (χ1) is 10.6. The highest BCUT2D eigenvalue weighted by molar-refractivity contribution is 7.71. The molecule has 1 heterocycles. The van der Waals surface area contributed by atoms with E-state index in [9.17, 15) is 9.90 Å². The number of rotatable bonds is 4. The number of H-pyrrole nitrogens is 2. The van der Waals surface area contributed by atoms with Crippen molar-refractivity contribution >= 4 is 18.2 Å². The quantitative estimate of drug-likeness (QED) is 0.537. The molecule has 0 unspecified atom stereocenters. The fourth-order valence-electron chi connectivity index (χ4n) is 1.08. The largest absolute Gasteiger partial charge is 0.477 e. The number of aromatic nitrogens is 2. The second-order valence-electron chi connectivity index (χ2n) is 3.05. The van der Waals surface area contributed by atoms with Crippen molar-refractivity contribution < 1.29 is 26.7 Å². The molecule has 0 aliphatic carbocycles. The standard InChI is InChI=1S/C9H15N3O2S/c1-12(2,3)7(8(13)14)4-6-5-10-9(15)11-6/h5,7H,4H2,1-3H3,(H2-,10,11,13,14,15)/p+1/t7-/m0/s1/i1D3,2D3,3D3. The van der Waals surface area contributed by atoms with Crippen molar-refractivity contribution in [3.8, 4) is 0 Å². The summed E-state index contributed by atoms with van der Waals surface area (Å²) in [5.74, 6) is -1.86. The molecule has 0 radical (unpaired) electrons. The van der Waals surface area contributed by atoms with E-state index in [1.807, 2.05) is 0 Å². The van der Waals surface area contributed by atoms with Gasteiger partial charge < -0.3 is 19.6 Å². The van der Waals surface area contributed by atoms with E-state index in [0.717, 1.165) is 0 Å². The van der Waals surface area contributed by atoms with Crippen molar-refractivity contribution in [1.29, 1.82) is 0 Å². The molecule has 0 spiro atoms. The van der Waals surface area contributed by atoms with Crippen LogP contribution in [0.25, 0.3) is 0 Å². The molecule has 0 saturated carbocycles. The Balaban J connectivity index is 3.70. The minimum atomic E-state index is -3.65. The number of imidazole rings is 1. The lowest BCUT2D eigenvalue weighted by Gasteiger charge is -2.30. The molecule has 0 amide bonds. The van der Waals surface area contributed by atoms with Crippen LogP contribution in [0.1, 0.15) is 18.0 Å². The maximum Gasteiger partial charge on any atom is 0.362 e. The summed E-state index contributed by atoms with van der Waals surface area (Å²) in [7, 11) is 0. The average Bonchev–Trinajstić information content (AvgIpc) is 2.68. The second-order valence-corrected chi connectivity index (χ2v) is 3.46. The number of carboxylic acids is 1. The highest BCUT2D eigenvalue weighted by Crippen LogP contribution is 2.09. The summed E-state index contributed by atoms with van der Waals surface area (Å²) in [6.07, 6.45) is 0.545. The molecule has 6 heteroatoms. The molecule has 0 aliphatic heterocycles. The van der Waals surface area contributed by atoms with Crippen LogP contribution in [0.15, 0.2) is 6.20 Å². The summed E-state index contributed by atoms with van der Waals surface area (Å²) < 4.78 is 65.3. The molecule has 0 fully saturated rings. The van der Waals surface area contributed by atoms with E-state index < -0.39 is 43.8 Å². The van der Waals surface area contributed by atoms with Crippen LogP contribution in [-0.2, 0) is 11.2 Å². The zero-order chi connectivity index (χ0) is 19.1. The van der Waals surface area contributed by atoms with Gasteiger partial charge in [-0.25, -0.2) is 4.79 Å². The Hall–Kier alpha value is -1.14. The van der Waals surface area contributed by atoms with Crippen molar-refractivity contribution in [3.63, 3.8) is 0 Å². The van der Waals surface area contributed by atoms with Gasteiger partial charge in [-0.3, -0.25) is 0 Å². The minimum absolute atomic E-state index is 0.0765. The van der Waals surface area contributed by atoms with Gasteiger partial charge in [0.2, 0.25) is 0 Å². The van der Waals surface area contributed by atoms with Gasteiger partial charge >= 0.3 is 5.97 Å². The minimum Gasteiger partial charge on any atom is -0.477 e. The Morgan fingerprint density at radius 2 is 2.40 bits per heavy atom. The molecule has 84 valence electrons. The number of carboxylic acid groups (broad SMARTS) is 1. The third kappa shape index (κ3) is 3.17. The van der Waals surface area contributed by atoms with Crippen molar-refractivity contribution in [2.45, 2.75) is 12.5 Å². The van der Waals surface area contributed by atoms with Crippen LogP contribution in [0, 0.1) is 4.77 Å². The predicted molar refractivity (Wildman–Crippen MR) is 59.1 cm³/mol. The topological polar surface area (TPSA) is 68.9 Å². The smallest absolute Gasteiger partial charge is 0.362 e. The van der Waals surface area contributed by atoms with Crippen LogP contribution in [0.4, 0.5) is 0 Å². The molecule has 1 aromatic heterocycles. The lowest BCUT2D eigenvalue weighted by Crippen LogP contribution is -2.51. The van der Waals surface area contributed by atoms with Crippen LogP contribution in [0.2, 0.25) is 0 Å². The predicted octanol–water partition coefficient (Wildman–Crippen LogP) is 0.774. The van der Waals surface area contributed by atoms with Gasteiger partial charge in [-0.15, -0.1) is 0 Å². The van der Waals surface area contributed by atoms with E-state index in [4.69, 9.17) is 24.6 Å². The molecule has 0 bridgehead atoms. The van der Waals surface area contributed by atoms with Gasteiger partial charge in [0.25, 0.3) is 0 Å². The molecular weight excluding hydrogens is 214 g/mol. The fraction of sp³-hybridized carbons (Fsp3) is 0.556. The molecule has 1 aromatic rings. The van der Waals surface area contributed by atoms with E-state index in [2.05, 4.69) is 9.97 Å². The van der Waals surface area contributed by atoms with Crippen molar-refractivity contribution in [2.75, 3.05) is 20.9 Å². The third-order valence-corrected chi connectivity index (χ3v) is 2.04. The number of hydrogen-bond donors (Lipinski definition) is 3. The number of nitrogens with one attached hydrogen (secondary N) is 2. The number of aromatic amines is 2. The summed E-state index contributed by atoms with van der Waals surface area (Å²) in [6, 6.07) is -2.29. The van der Waals surface area contributed by atoms with Crippen LogP contribution in [0.5, 0.6) is 0 Å². The maximum atomic E-state index is 11.7. The van der Waals surface area contributed by atoms with Crippen LogP contribution in [0.3, 0.4) is 0 Å². The number of quaternary nitrogens is 1. The van der Waals surface area contributed by atoms with Crippen LogP contribution in [-0.4, -0.2) is 52.5 Å². The lowest BCUT2D eigenvalue weighted by molar-refractivity contribution is -0.887. The van der Waals surface area contributed by atoms with E-state index >= 15 is 0 Å². The zero-order valence-electron chi connectivity index (χ0n) is 16.6. The maximum absolute atomic E-state index is 11.7. The Kier molecular flexibility index (Phi) is 1.22. The molecule has 5 nitrogen and oxygen atoms in total. The first-order valence-electron chi connectivity index (χ1n) is 8.44. The summed E-state index contributed by atoms with van der Waals surface area (Å²) in [4.78, 5) is 16.7. The Morgan fingerprint density at radius 3 is 2.80 bits per heavy atom. The first-order valence-corrected chi connectivity index (χ1v) is 4.35. The van der Waals surface area contributed by atoms with E-state index in [-0.39, 0.29) is 10.5 Å². The SMILES string of the molecule is [2H]C([2H])([2H])[N+]([C@@H](Cc1c[nH]c(=S)[nH]1)C(=O)O)(C([2H])([2H])[2H])C([2H])([2H])[2H]. The van der Waals surface area contributed by atoms with Gasteiger partial charge in [-0.1, -0.05) is 0 Å². The summed E-state index contributed by atoms with van der Waals surface area (Å²) in [5.41, 5.74) is 0.0765. The number of hydrogen-bond acceptors (Lipinski definition) is 2. The summed E-state index contributed by atoms with van der Waals surface area (Å²) >= 11 is 4.77. The average molecular weight is 239 g/mol. The van der Waals surface area contributed by atoms with Crippen molar-refractivity contribution in [2.24, 2.45) is 0 Å². The Labute approximate surface area is 106 Å². The highest BCUT2D eigenvalue weighted by Gasteiger charge is 2.31. The fourth-order valence-corrected chi connectivity index (χ4v) is 1.27. The van der Waals surface area contributed by atoms with Crippen LogP contribution >= 0.6 is 12.2 Å². The number of nitrogens with zero attached hydrogens (tertiary/aromatic N) is 1. The number of aliphatic carboxylic acids is 1. The number of carbonyl (C=O) groups is 1. The highest BCUT2D eigenvalue weighted by atomic mass is 32.1. The van der Waals surface area contributed by atoms with Gasteiger partial charge in [0, 0.05) is 11.9 Å². The zero-order valence-corrected chi connectivity index (χ0v) is 8.39. The van der Waals surface area contributed by atoms with Gasteiger partial charge in [0.15, 0.2) is 10.8 Å². The van der Waals surface area contributed by atoms with E-state index in [1.54, 1.807) is 0 Å². The van der Waals surface area contributed by atoms with Gasteiger partial charge in [-0.2, -0.15) is 0 Å². The van der Waals surface area contributed by atoms with Gasteiger partial charge in [0.05, 0.1) is 39.7 Å². The van der Waals surface area contributed by atoms with Gasteiger partial charge in [-0.05, 0) is 12.2 Å². The molecule has 1 atom stereocenters. The Bertz CT molecular complexity index is 621. The lowest BCUT2D eigenvalue weighted by atomic mass is 10.1. The number of likely N-dealkylation sites (N-methyl/N-ethyl adjacent to an activating group) is 1. The van der Waals surface area contributed by atoms with Gasteiger partial charge in [0.1, 0.15) is 0 Å². The van der Waals surface area contributed by atoms with Crippen LogP contribution < -0.4 is 0 Å². The molecule has 15 heavy (non-hydrogen) atoms. The molecule has 1 rings (SSSR count). The molecular formula is C9H16N3O2S+.